The van der Waals surface area contributed by atoms with E-state index in [9.17, 15) is 9.18 Å². The van der Waals surface area contributed by atoms with Crippen molar-refractivity contribution in [3.63, 3.8) is 0 Å². The molecule has 1 aromatic heterocycles. The molecule has 0 N–H and O–H groups in total. The Morgan fingerprint density at radius 2 is 1.88 bits per heavy atom. The van der Waals surface area contributed by atoms with E-state index in [4.69, 9.17) is 9.47 Å². The summed E-state index contributed by atoms with van der Waals surface area (Å²) in [5.41, 5.74) is 2.39. The molecule has 8 heteroatoms. The van der Waals surface area contributed by atoms with Gasteiger partial charge in [-0.05, 0) is 49.7 Å². The first-order valence-electron chi connectivity index (χ1n) is 10.6. The molecule has 0 bridgehead atoms. The summed E-state index contributed by atoms with van der Waals surface area (Å²) in [5.74, 6) is 3.31. The molecule has 0 aliphatic carbocycles. The minimum atomic E-state index is -0.380. The first-order chi connectivity index (χ1) is 15.5. The van der Waals surface area contributed by atoms with Gasteiger partial charge in [-0.3, -0.25) is 4.79 Å². The Morgan fingerprint density at radius 1 is 1.12 bits per heavy atom. The summed E-state index contributed by atoms with van der Waals surface area (Å²) in [5, 5.41) is 4.67. The number of rotatable bonds is 7. The van der Waals surface area contributed by atoms with E-state index < -0.39 is 0 Å². The topological polar surface area (TPSA) is 56.6 Å². The van der Waals surface area contributed by atoms with Gasteiger partial charge in [0.05, 0.1) is 18.5 Å². The third-order valence-electron chi connectivity index (χ3n) is 5.42. The Morgan fingerprint density at radius 3 is 2.56 bits per heavy atom. The van der Waals surface area contributed by atoms with Crippen LogP contribution in [0.5, 0.6) is 17.4 Å². The standard InChI is InChI=1S/C24H26FN3O3S/c1-17-22(10-11-23(29)27-12-14-32-15-13-27)24(31-21-5-3-4-18(25)16-21)28(26-17)19-6-8-20(30-2)9-7-19/h3-9,16H,10-15H2,1-2H3. The Hall–Kier alpha value is -3.00. The van der Waals surface area contributed by atoms with Crippen molar-refractivity contribution in [1.29, 1.82) is 0 Å². The van der Waals surface area contributed by atoms with Gasteiger partial charge >= 0.3 is 0 Å². The smallest absolute Gasteiger partial charge is 0.226 e. The van der Waals surface area contributed by atoms with Crippen molar-refractivity contribution in [2.75, 3.05) is 31.7 Å². The highest BCUT2D eigenvalue weighted by Gasteiger charge is 2.22. The minimum absolute atomic E-state index is 0.138. The number of aryl methyl sites for hydroxylation is 1. The van der Waals surface area contributed by atoms with Crippen molar-refractivity contribution in [3.05, 3.63) is 65.6 Å². The van der Waals surface area contributed by atoms with Gasteiger partial charge in [-0.15, -0.1) is 0 Å². The van der Waals surface area contributed by atoms with Gasteiger partial charge in [-0.25, -0.2) is 9.07 Å². The predicted octanol–water partition coefficient (Wildman–Crippen LogP) is 4.63. The van der Waals surface area contributed by atoms with Crippen molar-refractivity contribution >= 4 is 17.7 Å². The zero-order valence-corrected chi connectivity index (χ0v) is 19.0. The maximum absolute atomic E-state index is 13.8. The normalized spacial score (nSPS) is 13.8. The van der Waals surface area contributed by atoms with Crippen molar-refractivity contribution in [1.82, 2.24) is 14.7 Å². The lowest BCUT2D eigenvalue weighted by Gasteiger charge is -2.26. The van der Waals surface area contributed by atoms with Crippen LogP contribution < -0.4 is 9.47 Å². The third-order valence-corrected chi connectivity index (χ3v) is 6.36. The molecule has 0 unspecified atom stereocenters. The van der Waals surface area contributed by atoms with Crippen LogP contribution in [0.1, 0.15) is 17.7 Å². The highest BCUT2D eigenvalue weighted by atomic mass is 32.2. The number of hydrogen-bond acceptors (Lipinski definition) is 5. The summed E-state index contributed by atoms with van der Waals surface area (Å²) < 4.78 is 26.8. The molecular weight excluding hydrogens is 429 g/mol. The summed E-state index contributed by atoms with van der Waals surface area (Å²) in [4.78, 5) is 14.7. The van der Waals surface area contributed by atoms with E-state index in [1.807, 2.05) is 47.9 Å². The van der Waals surface area contributed by atoms with E-state index in [0.29, 0.717) is 24.5 Å². The van der Waals surface area contributed by atoms with Crippen molar-refractivity contribution in [2.45, 2.75) is 19.8 Å². The molecule has 0 spiro atoms. The van der Waals surface area contributed by atoms with Crippen molar-refractivity contribution < 1.29 is 18.7 Å². The molecule has 0 atom stereocenters. The SMILES string of the molecule is COc1ccc(-n2nc(C)c(CCC(=O)N3CCSCC3)c2Oc2cccc(F)c2)cc1. The molecule has 1 aliphatic rings. The van der Waals surface area contributed by atoms with Crippen molar-refractivity contribution in [2.24, 2.45) is 0 Å². The molecule has 1 saturated heterocycles. The molecule has 1 fully saturated rings. The van der Waals surface area contributed by atoms with E-state index in [-0.39, 0.29) is 11.7 Å². The average molecular weight is 456 g/mol. The Bertz CT molecular complexity index is 1080. The maximum Gasteiger partial charge on any atom is 0.226 e. The number of benzene rings is 2. The number of methoxy groups -OCH3 is 1. The van der Waals surface area contributed by atoms with Crippen molar-refractivity contribution in [3.8, 4) is 23.1 Å². The van der Waals surface area contributed by atoms with Gasteiger partial charge in [-0.2, -0.15) is 16.9 Å². The summed E-state index contributed by atoms with van der Waals surface area (Å²) in [7, 11) is 1.61. The average Bonchev–Trinajstić information content (AvgIpc) is 3.13. The number of thioether (sulfide) groups is 1. The molecule has 32 heavy (non-hydrogen) atoms. The van der Waals surface area contributed by atoms with Crippen LogP contribution in [0, 0.1) is 12.7 Å². The minimum Gasteiger partial charge on any atom is -0.497 e. The summed E-state index contributed by atoms with van der Waals surface area (Å²) >= 11 is 1.87. The van der Waals surface area contributed by atoms with E-state index >= 15 is 0 Å². The molecule has 4 rings (SSSR count). The van der Waals surface area contributed by atoms with Gasteiger partial charge in [0, 0.05) is 42.6 Å². The fraction of sp³-hybridized carbons (Fsp3) is 0.333. The van der Waals surface area contributed by atoms with Crippen LogP contribution in [0.4, 0.5) is 4.39 Å². The van der Waals surface area contributed by atoms with E-state index in [0.717, 1.165) is 47.3 Å². The fourth-order valence-corrected chi connectivity index (χ4v) is 4.58. The number of carbonyl (C=O) groups is 1. The molecule has 1 aliphatic heterocycles. The molecule has 3 aromatic rings. The van der Waals surface area contributed by atoms with Crippen LogP contribution in [0.25, 0.3) is 5.69 Å². The Labute approximate surface area is 191 Å². The number of aromatic nitrogens is 2. The van der Waals surface area contributed by atoms with Gasteiger partial charge in [-0.1, -0.05) is 6.07 Å². The monoisotopic (exact) mass is 455 g/mol. The molecule has 2 aromatic carbocycles. The second-order valence-electron chi connectivity index (χ2n) is 7.53. The van der Waals surface area contributed by atoms with E-state index in [1.165, 1.54) is 12.1 Å². The number of carbonyl (C=O) groups excluding carboxylic acids is 1. The fourth-order valence-electron chi connectivity index (χ4n) is 3.67. The number of ether oxygens (including phenoxy) is 2. The predicted molar refractivity (Wildman–Crippen MR) is 124 cm³/mol. The lowest BCUT2D eigenvalue weighted by Crippen LogP contribution is -2.38. The largest absolute Gasteiger partial charge is 0.497 e. The van der Waals surface area contributed by atoms with Crippen LogP contribution in [-0.4, -0.2) is 52.3 Å². The second-order valence-corrected chi connectivity index (χ2v) is 8.76. The number of nitrogens with zero attached hydrogens (tertiary/aromatic N) is 3. The third kappa shape index (κ3) is 5.07. The lowest BCUT2D eigenvalue weighted by molar-refractivity contribution is -0.130. The highest BCUT2D eigenvalue weighted by Crippen LogP contribution is 2.32. The van der Waals surface area contributed by atoms with Gasteiger partial charge < -0.3 is 14.4 Å². The maximum atomic E-state index is 13.8. The molecule has 168 valence electrons. The lowest BCUT2D eigenvalue weighted by atomic mass is 10.1. The van der Waals surface area contributed by atoms with Crippen LogP contribution in [0.3, 0.4) is 0 Å². The molecule has 1 amide bonds. The quantitative estimate of drug-likeness (QED) is 0.520. The Kier molecular flexibility index (Phi) is 6.99. The molecule has 0 radical (unpaired) electrons. The number of halogens is 1. The van der Waals surface area contributed by atoms with Gasteiger partial charge in [0.15, 0.2) is 0 Å². The van der Waals surface area contributed by atoms with Crippen LogP contribution >= 0.6 is 11.8 Å². The van der Waals surface area contributed by atoms with Crippen LogP contribution in [-0.2, 0) is 11.2 Å². The number of amides is 1. The van der Waals surface area contributed by atoms with Crippen LogP contribution in [0.2, 0.25) is 0 Å². The van der Waals surface area contributed by atoms with Gasteiger partial charge in [0.25, 0.3) is 0 Å². The van der Waals surface area contributed by atoms with Gasteiger partial charge in [0.1, 0.15) is 17.3 Å². The first-order valence-corrected chi connectivity index (χ1v) is 11.7. The number of hydrogen-bond donors (Lipinski definition) is 0. The Balaban J connectivity index is 1.64. The molecule has 0 saturated carbocycles. The summed E-state index contributed by atoms with van der Waals surface area (Å²) in [6.45, 7) is 3.48. The zero-order valence-electron chi connectivity index (χ0n) is 18.2. The summed E-state index contributed by atoms with van der Waals surface area (Å²) in [6, 6.07) is 13.4. The van der Waals surface area contributed by atoms with E-state index in [2.05, 4.69) is 5.10 Å². The molecular formula is C24H26FN3O3S. The first kappa shape index (κ1) is 22.2. The molecule has 2 heterocycles. The summed E-state index contributed by atoms with van der Waals surface area (Å²) in [6.07, 6.45) is 0.869. The van der Waals surface area contributed by atoms with E-state index in [1.54, 1.807) is 23.9 Å². The van der Waals surface area contributed by atoms with Gasteiger partial charge in [0.2, 0.25) is 11.8 Å². The zero-order chi connectivity index (χ0) is 22.5. The molecule has 6 nitrogen and oxygen atoms in total. The second kappa shape index (κ2) is 10.1. The van der Waals surface area contributed by atoms with Crippen LogP contribution in [0.15, 0.2) is 48.5 Å². The highest BCUT2D eigenvalue weighted by molar-refractivity contribution is 7.99.